The highest BCUT2D eigenvalue weighted by atomic mass is 32.2. The van der Waals surface area contributed by atoms with Gasteiger partial charge < -0.3 is 14.6 Å². The number of aromatic carboxylic acids is 1. The van der Waals surface area contributed by atoms with Gasteiger partial charge in [-0.15, -0.1) is 11.8 Å². The van der Waals surface area contributed by atoms with Crippen LogP contribution in [-0.2, 0) is 9.47 Å². The third-order valence-corrected chi connectivity index (χ3v) is 7.34. The highest BCUT2D eigenvalue weighted by Gasteiger charge is 2.36. The smallest absolute Gasteiger partial charge is 0.338 e. The van der Waals surface area contributed by atoms with Crippen LogP contribution in [0.2, 0.25) is 0 Å². The number of hydrogen-bond donors (Lipinski definition) is 1. The summed E-state index contributed by atoms with van der Waals surface area (Å²) in [5.41, 5.74) is 4.67. The number of rotatable bonds is 6. The van der Waals surface area contributed by atoms with Crippen LogP contribution in [0.4, 0.5) is 0 Å². The predicted molar refractivity (Wildman–Crippen MR) is 157 cm³/mol. The van der Waals surface area contributed by atoms with Crippen molar-refractivity contribution in [3.8, 4) is 0 Å². The molecule has 1 N–H and O–H groups in total. The van der Waals surface area contributed by atoms with E-state index in [4.69, 9.17) is 14.6 Å². The number of benzene rings is 3. The second-order valence-corrected chi connectivity index (χ2v) is 10.8. The number of carboxylic acids is 1. The summed E-state index contributed by atoms with van der Waals surface area (Å²) in [5.74, 6) is -1.55. The molecule has 1 aliphatic heterocycles. The number of carboxylic acid groups (broad SMARTS) is 1. The van der Waals surface area contributed by atoms with Crippen molar-refractivity contribution in [1.82, 2.24) is 0 Å². The Hall–Kier alpha value is -3.58. The highest BCUT2D eigenvalue weighted by Crippen LogP contribution is 2.36. The topological polar surface area (TPSA) is 89.9 Å². The molecule has 1 saturated heterocycles. The average molecular weight is 551 g/mol. The molecular weight excluding hydrogens is 512 g/mol. The Morgan fingerprint density at radius 3 is 1.59 bits per heavy atom. The molecule has 3 atom stereocenters. The van der Waals surface area contributed by atoms with Gasteiger partial charge in [-0.05, 0) is 63.6 Å². The van der Waals surface area contributed by atoms with Gasteiger partial charge in [0.15, 0.2) is 0 Å². The number of thioether (sulfide) groups is 1. The first-order valence-corrected chi connectivity index (χ1v) is 14.0. The molecule has 3 aromatic rings. The maximum Gasteiger partial charge on any atom is 0.338 e. The molecule has 0 aromatic heterocycles. The highest BCUT2D eigenvalue weighted by molar-refractivity contribution is 8.00. The van der Waals surface area contributed by atoms with Crippen molar-refractivity contribution in [2.75, 3.05) is 6.61 Å². The molecule has 0 amide bonds. The summed E-state index contributed by atoms with van der Waals surface area (Å²) in [4.78, 5) is 35.0. The van der Waals surface area contributed by atoms with E-state index in [9.17, 15) is 14.4 Å². The van der Waals surface area contributed by atoms with E-state index in [1.54, 1.807) is 60.3 Å². The van der Waals surface area contributed by atoms with E-state index in [-0.39, 0.29) is 29.9 Å². The second kappa shape index (κ2) is 15.7. The van der Waals surface area contributed by atoms with Gasteiger partial charge in [-0.25, -0.2) is 14.4 Å². The van der Waals surface area contributed by atoms with Crippen molar-refractivity contribution in [3.63, 3.8) is 0 Å². The van der Waals surface area contributed by atoms with Crippen LogP contribution in [0.15, 0.2) is 72.8 Å². The molecule has 6 nitrogen and oxygen atoms in total. The summed E-state index contributed by atoms with van der Waals surface area (Å²) < 4.78 is 11.2. The lowest BCUT2D eigenvalue weighted by Crippen LogP contribution is -2.29. The first kappa shape index (κ1) is 31.6. The first-order chi connectivity index (χ1) is 18.6. The summed E-state index contributed by atoms with van der Waals surface area (Å²) in [7, 11) is 0. The SMILES string of the molecule is CC.Cc1ccc(C(=O)O)cc1.Cc1ccc(C(=O)OC[C@H]2SC(C)C[C@H]2OC(=O)c2ccc(C)cc2)cc1. The van der Waals surface area contributed by atoms with Crippen molar-refractivity contribution >= 4 is 29.7 Å². The van der Waals surface area contributed by atoms with Crippen LogP contribution in [0.5, 0.6) is 0 Å². The zero-order valence-corrected chi connectivity index (χ0v) is 24.3. The van der Waals surface area contributed by atoms with Crippen LogP contribution >= 0.6 is 11.8 Å². The normalized spacial score (nSPS) is 17.5. The van der Waals surface area contributed by atoms with Gasteiger partial charge in [-0.2, -0.15) is 0 Å². The van der Waals surface area contributed by atoms with E-state index in [0.29, 0.717) is 21.9 Å². The molecular formula is C32H38O6S. The van der Waals surface area contributed by atoms with E-state index < -0.39 is 5.97 Å². The van der Waals surface area contributed by atoms with Crippen molar-refractivity contribution in [2.24, 2.45) is 0 Å². The molecule has 3 aromatic carbocycles. The van der Waals surface area contributed by atoms with Crippen LogP contribution in [-0.4, -0.2) is 46.2 Å². The fourth-order valence-corrected chi connectivity index (χ4v) is 5.10. The van der Waals surface area contributed by atoms with Gasteiger partial charge in [0.1, 0.15) is 12.7 Å². The summed E-state index contributed by atoms with van der Waals surface area (Å²) in [6, 6.07) is 21.4. The first-order valence-electron chi connectivity index (χ1n) is 13.1. The predicted octanol–water partition coefficient (Wildman–Crippen LogP) is 7.30. The summed E-state index contributed by atoms with van der Waals surface area (Å²) in [6.07, 6.45) is 0.499. The van der Waals surface area contributed by atoms with E-state index in [0.717, 1.165) is 23.1 Å². The molecule has 0 aliphatic carbocycles. The lowest BCUT2D eigenvalue weighted by atomic mass is 10.1. The summed E-state index contributed by atoms with van der Waals surface area (Å²) in [5, 5.41) is 8.77. The maximum atomic E-state index is 12.4. The number of carbonyl (C=O) groups excluding carboxylic acids is 2. The van der Waals surface area contributed by atoms with Gasteiger partial charge in [0, 0.05) is 5.25 Å². The van der Waals surface area contributed by atoms with Crippen molar-refractivity contribution in [1.29, 1.82) is 0 Å². The lowest BCUT2D eigenvalue weighted by Gasteiger charge is -2.19. The van der Waals surface area contributed by atoms with Gasteiger partial charge in [0.2, 0.25) is 0 Å². The third-order valence-electron chi connectivity index (χ3n) is 5.90. The Morgan fingerprint density at radius 1 is 0.744 bits per heavy atom. The Labute approximate surface area is 235 Å². The quantitative estimate of drug-likeness (QED) is 0.322. The number of hydrogen-bond acceptors (Lipinski definition) is 6. The monoisotopic (exact) mass is 550 g/mol. The number of aryl methyl sites for hydroxylation is 3. The van der Waals surface area contributed by atoms with Gasteiger partial charge in [0.25, 0.3) is 0 Å². The zero-order chi connectivity index (χ0) is 28.9. The molecule has 208 valence electrons. The van der Waals surface area contributed by atoms with Gasteiger partial charge >= 0.3 is 17.9 Å². The number of carbonyl (C=O) groups is 3. The van der Waals surface area contributed by atoms with E-state index >= 15 is 0 Å². The van der Waals surface area contributed by atoms with Crippen LogP contribution < -0.4 is 0 Å². The van der Waals surface area contributed by atoms with Crippen molar-refractivity contribution in [2.45, 2.75) is 64.6 Å². The van der Waals surface area contributed by atoms with Crippen molar-refractivity contribution in [3.05, 3.63) is 106 Å². The Kier molecular flexibility index (Phi) is 12.8. The molecule has 0 bridgehead atoms. The molecule has 1 fully saturated rings. The van der Waals surface area contributed by atoms with Crippen molar-refractivity contribution < 1.29 is 29.0 Å². The van der Waals surface area contributed by atoms with Gasteiger partial charge in [-0.1, -0.05) is 73.9 Å². The molecule has 0 saturated carbocycles. The van der Waals surface area contributed by atoms with Crippen LogP contribution in [0.3, 0.4) is 0 Å². The largest absolute Gasteiger partial charge is 0.478 e. The van der Waals surface area contributed by atoms with Crippen LogP contribution in [0.1, 0.15) is 75.0 Å². The zero-order valence-electron chi connectivity index (χ0n) is 23.5. The summed E-state index contributed by atoms with van der Waals surface area (Å²) in [6.45, 7) is 12.2. The fraction of sp³-hybridized carbons (Fsp3) is 0.344. The number of esters is 2. The molecule has 1 unspecified atom stereocenters. The minimum Gasteiger partial charge on any atom is -0.478 e. The molecule has 39 heavy (non-hydrogen) atoms. The van der Waals surface area contributed by atoms with E-state index in [2.05, 4.69) is 6.92 Å². The van der Waals surface area contributed by atoms with Gasteiger partial charge in [-0.3, -0.25) is 0 Å². The lowest BCUT2D eigenvalue weighted by molar-refractivity contribution is 0.0213. The third kappa shape index (κ3) is 10.2. The van der Waals surface area contributed by atoms with Crippen LogP contribution in [0, 0.1) is 20.8 Å². The molecule has 4 rings (SSSR count). The maximum absolute atomic E-state index is 12.4. The van der Waals surface area contributed by atoms with Gasteiger partial charge in [0.05, 0.1) is 21.9 Å². The average Bonchev–Trinajstić information content (AvgIpc) is 3.28. The Bertz CT molecular complexity index is 1200. The van der Waals surface area contributed by atoms with E-state index in [1.165, 1.54) is 0 Å². The Morgan fingerprint density at radius 2 is 1.15 bits per heavy atom. The standard InChI is InChI=1S/C22H24O4S.C8H8O2.C2H6/c1-14-4-8-17(9-5-14)21(23)25-13-20-19(12-16(3)27-20)26-22(24)18-10-6-15(2)7-11-18;1-6-2-4-7(5-3-6)8(9)10;1-2/h4-11,16,19-20H,12-13H2,1-3H3;2-5H,1H3,(H,9,10);1-2H3/t16?,19-,20-;;/m1../s1. The molecule has 1 heterocycles. The minimum absolute atomic E-state index is 0.0520. The molecule has 0 spiro atoms. The number of ether oxygens (including phenoxy) is 2. The summed E-state index contributed by atoms with van der Waals surface area (Å²) >= 11 is 1.70. The molecule has 0 radical (unpaired) electrons. The fourth-order valence-electron chi connectivity index (χ4n) is 3.71. The van der Waals surface area contributed by atoms with E-state index in [1.807, 2.05) is 58.9 Å². The molecule has 1 aliphatic rings. The molecule has 7 heteroatoms. The van der Waals surface area contributed by atoms with Crippen LogP contribution in [0.25, 0.3) is 0 Å². The minimum atomic E-state index is -0.875. The Balaban J connectivity index is 0.000000372. The second-order valence-electron chi connectivity index (χ2n) is 9.17.